The van der Waals surface area contributed by atoms with Crippen molar-refractivity contribution < 1.29 is 4.42 Å². The molecule has 0 fully saturated rings. The molecule has 0 N–H and O–H groups in total. The van der Waals surface area contributed by atoms with E-state index in [0.717, 1.165) is 44.2 Å². The molecule has 10 aromatic carbocycles. The Morgan fingerprint density at radius 3 is 1.65 bits per heavy atom. The predicted molar refractivity (Wildman–Crippen MR) is 269 cm³/mol. The van der Waals surface area contributed by atoms with Crippen molar-refractivity contribution in [3.05, 3.63) is 198 Å². The maximum absolute atomic E-state index is 6.92. The second kappa shape index (κ2) is 12.8. The van der Waals surface area contributed by atoms with Crippen LogP contribution >= 0.6 is 0 Å². The van der Waals surface area contributed by atoms with Crippen LogP contribution in [0.1, 0.15) is 49.9 Å². The van der Waals surface area contributed by atoms with Crippen LogP contribution < -0.4 is 0 Å². The van der Waals surface area contributed by atoms with Gasteiger partial charge in [0.1, 0.15) is 11.2 Å². The van der Waals surface area contributed by atoms with E-state index < -0.39 is 0 Å². The van der Waals surface area contributed by atoms with E-state index >= 15 is 0 Å². The van der Waals surface area contributed by atoms with Crippen molar-refractivity contribution in [2.24, 2.45) is 0 Å². The molecule has 0 bridgehead atoms. The zero-order valence-electron chi connectivity index (χ0n) is 36.5. The van der Waals surface area contributed by atoms with Crippen LogP contribution in [0.15, 0.2) is 180 Å². The lowest BCUT2D eigenvalue weighted by Gasteiger charge is -2.22. The van der Waals surface area contributed by atoms with Gasteiger partial charge in [0.25, 0.3) is 0 Å². The number of benzene rings is 10. The van der Waals surface area contributed by atoms with Gasteiger partial charge >= 0.3 is 0 Å². The Morgan fingerprint density at radius 2 is 0.877 bits per heavy atom. The lowest BCUT2D eigenvalue weighted by molar-refractivity contribution is 0.653. The molecule has 2 aliphatic rings. The van der Waals surface area contributed by atoms with Crippen molar-refractivity contribution in [1.82, 2.24) is 15.0 Å². The average molecular weight is 832 g/mol. The molecule has 0 spiro atoms. The molecule has 14 rings (SSSR count). The van der Waals surface area contributed by atoms with Crippen molar-refractivity contribution in [2.45, 2.75) is 38.5 Å². The van der Waals surface area contributed by atoms with E-state index in [1.165, 1.54) is 82.0 Å². The molecule has 2 aliphatic carbocycles. The minimum atomic E-state index is -0.278. The monoisotopic (exact) mass is 831 g/mol. The normalized spacial score (nSPS) is 14.4. The molecule has 0 radical (unpaired) electrons. The smallest absolute Gasteiger partial charge is 0.164 e. The number of nitrogens with zero attached hydrogens (tertiary/aromatic N) is 3. The molecule has 0 atom stereocenters. The maximum atomic E-state index is 6.92. The van der Waals surface area contributed by atoms with E-state index in [-0.39, 0.29) is 10.8 Å². The van der Waals surface area contributed by atoms with Crippen LogP contribution in [-0.2, 0) is 10.8 Å². The van der Waals surface area contributed by atoms with Crippen LogP contribution in [-0.4, -0.2) is 15.0 Å². The zero-order chi connectivity index (χ0) is 43.3. The van der Waals surface area contributed by atoms with Gasteiger partial charge < -0.3 is 4.42 Å². The molecule has 2 aromatic heterocycles. The summed E-state index contributed by atoms with van der Waals surface area (Å²) in [7, 11) is 0. The Bertz CT molecular complexity index is 4070. The van der Waals surface area contributed by atoms with Gasteiger partial charge in [-0.3, -0.25) is 0 Å². The van der Waals surface area contributed by atoms with Crippen molar-refractivity contribution in [1.29, 1.82) is 0 Å². The summed E-state index contributed by atoms with van der Waals surface area (Å²) in [5.74, 6) is 1.88. The number of rotatable bonds is 3. The second-order valence-electron chi connectivity index (χ2n) is 19.1. The number of furan rings is 1. The number of hydrogen-bond donors (Lipinski definition) is 0. The van der Waals surface area contributed by atoms with E-state index in [0.29, 0.717) is 17.5 Å². The van der Waals surface area contributed by atoms with Gasteiger partial charge in [-0.2, -0.15) is 0 Å². The van der Waals surface area contributed by atoms with Crippen LogP contribution in [0, 0.1) is 0 Å². The van der Waals surface area contributed by atoms with E-state index in [2.05, 4.69) is 198 Å². The Kier molecular flexibility index (Phi) is 7.21. The summed E-state index contributed by atoms with van der Waals surface area (Å²) >= 11 is 0. The predicted octanol–water partition coefficient (Wildman–Crippen LogP) is 16.0. The minimum absolute atomic E-state index is 0.185. The molecule has 0 saturated carbocycles. The molecule has 65 heavy (non-hydrogen) atoms. The van der Waals surface area contributed by atoms with Gasteiger partial charge in [-0.1, -0.05) is 179 Å². The first-order valence-corrected chi connectivity index (χ1v) is 22.6. The Hall–Kier alpha value is -7.95. The van der Waals surface area contributed by atoms with Crippen molar-refractivity contribution in [3.63, 3.8) is 0 Å². The first-order chi connectivity index (χ1) is 31.7. The molecular formula is C61H41N3O. The molecule has 12 aromatic rings. The summed E-state index contributed by atoms with van der Waals surface area (Å²) < 4.78 is 6.92. The average Bonchev–Trinajstić information content (AvgIpc) is 3.93. The van der Waals surface area contributed by atoms with Gasteiger partial charge in [0, 0.05) is 43.9 Å². The summed E-state index contributed by atoms with van der Waals surface area (Å²) in [6.07, 6.45) is 0. The molecule has 4 heteroatoms. The second-order valence-corrected chi connectivity index (χ2v) is 19.1. The van der Waals surface area contributed by atoms with Gasteiger partial charge in [-0.15, -0.1) is 0 Å². The fourth-order valence-corrected chi connectivity index (χ4v) is 11.6. The quantitative estimate of drug-likeness (QED) is 0.166. The van der Waals surface area contributed by atoms with E-state index in [9.17, 15) is 0 Å². The largest absolute Gasteiger partial charge is 0.455 e. The Morgan fingerprint density at radius 1 is 0.354 bits per heavy atom. The number of hydrogen-bond acceptors (Lipinski definition) is 4. The Labute approximate surface area is 375 Å². The topological polar surface area (TPSA) is 51.8 Å². The molecule has 0 aliphatic heterocycles. The third-order valence-electron chi connectivity index (χ3n) is 14.9. The molecule has 0 unspecified atom stereocenters. The van der Waals surface area contributed by atoms with Gasteiger partial charge in [0.2, 0.25) is 0 Å². The van der Waals surface area contributed by atoms with Gasteiger partial charge in [0.05, 0.1) is 0 Å². The highest BCUT2D eigenvalue weighted by molar-refractivity contribution is 6.28. The highest BCUT2D eigenvalue weighted by atomic mass is 16.3. The molecule has 2 heterocycles. The molecule has 306 valence electrons. The van der Waals surface area contributed by atoms with Gasteiger partial charge in [-0.05, 0) is 106 Å². The third kappa shape index (κ3) is 5.00. The first kappa shape index (κ1) is 36.5. The van der Waals surface area contributed by atoms with E-state index in [1.54, 1.807) is 0 Å². The summed E-state index contributed by atoms with van der Waals surface area (Å²) in [5, 5.41) is 11.8. The first-order valence-electron chi connectivity index (χ1n) is 22.6. The lowest BCUT2D eigenvalue weighted by Crippen LogP contribution is -2.15. The van der Waals surface area contributed by atoms with Gasteiger partial charge in [0.15, 0.2) is 17.5 Å². The van der Waals surface area contributed by atoms with Gasteiger partial charge in [-0.25, -0.2) is 15.0 Å². The van der Waals surface area contributed by atoms with Crippen LogP contribution in [0.25, 0.3) is 121 Å². The third-order valence-corrected chi connectivity index (χ3v) is 14.9. The number of fused-ring (bicyclic) bond motifs is 17. The fourth-order valence-electron chi connectivity index (χ4n) is 11.6. The summed E-state index contributed by atoms with van der Waals surface area (Å²) in [5.41, 5.74) is 14.1. The minimum Gasteiger partial charge on any atom is -0.455 e. The highest BCUT2D eigenvalue weighted by Crippen LogP contribution is 2.55. The summed E-state index contributed by atoms with van der Waals surface area (Å²) in [6.45, 7) is 9.28. The summed E-state index contributed by atoms with van der Waals surface area (Å²) in [4.78, 5) is 16.5. The SMILES string of the molecule is CC1(C)c2ccccc2-c2ccc(-c3nc(-c4ccc5ccc6ccc7ccc8ccccc8c7c6c5c4)nc(-c4cc5c(c6oc7ccccc7c46)-c4ccccc4C5(C)C)n3)cc21. The molecule has 0 amide bonds. The van der Waals surface area contributed by atoms with Crippen molar-refractivity contribution in [3.8, 4) is 56.4 Å². The van der Waals surface area contributed by atoms with Crippen LogP contribution in [0.3, 0.4) is 0 Å². The summed E-state index contributed by atoms with van der Waals surface area (Å²) in [6, 6.07) is 63.9. The standard InChI is InChI=1S/C61H41N3O/c1-60(2)47-18-10-7-15-41(47)42-30-29-39(32-49(42)60)58-62-57(38-28-23-35-22-25-37-27-26-36-24-21-34-13-5-6-14-40(34)52(36)53(37)45(35)31-38)63-59(64-58)46-33-50-55(43-16-8-11-19-48(43)61(50,3)4)56-54(46)44-17-9-12-20-51(44)65-56/h5-33H,1-4H3. The van der Waals surface area contributed by atoms with Crippen LogP contribution in [0.4, 0.5) is 0 Å². The number of aromatic nitrogens is 3. The Balaban J connectivity index is 1.07. The number of para-hydroxylation sites is 1. The van der Waals surface area contributed by atoms with Crippen LogP contribution in [0.5, 0.6) is 0 Å². The van der Waals surface area contributed by atoms with E-state index in [1.807, 2.05) is 6.07 Å². The zero-order valence-corrected chi connectivity index (χ0v) is 36.5. The molecular weight excluding hydrogens is 791 g/mol. The van der Waals surface area contributed by atoms with Crippen molar-refractivity contribution >= 4 is 65.0 Å². The van der Waals surface area contributed by atoms with Crippen LogP contribution in [0.2, 0.25) is 0 Å². The maximum Gasteiger partial charge on any atom is 0.164 e. The molecule has 4 nitrogen and oxygen atoms in total. The van der Waals surface area contributed by atoms with E-state index in [4.69, 9.17) is 19.4 Å². The lowest BCUT2D eigenvalue weighted by atomic mass is 9.81. The fraction of sp³-hybridized carbons (Fsp3) is 0.0984. The molecule has 0 saturated heterocycles. The highest BCUT2D eigenvalue weighted by Gasteiger charge is 2.39. The van der Waals surface area contributed by atoms with Crippen molar-refractivity contribution in [2.75, 3.05) is 0 Å².